The van der Waals surface area contributed by atoms with Gasteiger partial charge in [-0.05, 0) is 31.0 Å². The molecule has 0 aliphatic carbocycles. The number of carbonyl (C=O) groups is 3. The minimum atomic E-state index is -0.940. The molecule has 150 valence electrons. The standard InChI is InChI=1S/C19H27NO7/c1-12-8-13(2)17(19(4,5)10-16(22)23)15(9-12)27-18(24)26-7-6-25-11-20-14(3)21/h8-9H,6-7,10-11H2,1-5H3,(H,20,21)(H,22,23). The number of benzene rings is 1. The summed E-state index contributed by atoms with van der Waals surface area (Å²) in [5.74, 6) is -0.880. The van der Waals surface area contributed by atoms with Crippen molar-refractivity contribution in [3.05, 3.63) is 28.8 Å². The highest BCUT2D eigenvalue weighted by atomic mass is 16.7. The van der Waals surface area contributed by atoms with Crippen LogP contribution in [0.25, 0.3) is 0 Å². The Morgan fingerprint density at radius 3 is 2.41 bits per heavy atom. The fraction of sp³-hybridized carbons (Fsp3) is 0.526. The van der Waals surface area contributed by atoms with Crippen molar-refractivity contribution in [2.75, 3.05) is 19.9 Å². The van der Waals surface area contributed by atoms with Crippen LogP contribution in [-0.2, 0) is 24.5 Å². The Labute approximate surface area is 158 Å². The normalized spacial score (nSPS) is 11.0. The summed E-state index contributed by atoms with van der Waals surface area (Å²) in [5, 5.41) is 11.6. The van der Waals surface area contributed by atoms with Gasteiger partial charge in [0.15, 0.2) is 0 Å². The lowest BCUT2D eigenvalue weighted by Gasteiger charge is -2.27. The van der Waals surface area contributed by atoms with Crippen LogP contribution >= 0.6 is 0 Å². The average Bonchev–Trinajstić information content (AvgIpc) is 2.47. The van der Waals surface area contributed by atoms with E-state index >= 15 is 0 Å². The first kappa shape index (κ1) is 22.4. The Hall–Kier alpha value is -2.61. The summed E-state index contributed by atoms with van der Waals surface area (Å²) in [4.78, 5) is 33.9. The van der Waals surface area contributed by atoms with E-state index in [0.29, 0.717) is 5.56 Å². The van der Waals surface area contributed by atoms with E-state index in [9.17, 15) is 19.5 Å². The lowest BCUT2D eigenvalue weighted by Crippen LogP contribution is -2.26. The van der Waals surface area contributed by atoms with Crippen LogP contribution in [0.5, 0.6) is 5.75 Å². The van der Waals surface area contributed by atoms with Crippen molar-refractivity contribution in [2.24, 2.45) is 0 Å². The third-order valence-corrected chi connectivity index (χ3v) is 3.78. The highest BCUT2D eigenvalue weighted by Crippen LogP contribution is 2.38. The smallest absolute Gasteiger partial charge is 0.481 e. The summed E-state index contributed by atoms with van der Waals surface area (Å²) >= 11 is 0. The maximum Gasteiger partial charge on any atom is 0.513 e. The average molecular weight is 381 g/mol. The molecule has 1 amide bonds. The molecule has 0 saturated heterocycles. The second-order valence-corrected chi connectivity index (χ2v) is 6.90. The zero-order chi connectivity index (χ0) is 20.6. The Balaban J connectivity index is 2.77. The number of aryl methyl sites for hydroxylation is 2. The van der Waals surface area contributed by atoms with Crippen LogP contribution in [0.2, 0.25) is 0 Å². The van der Waals surface area contributed by atoms with E-state index in [1.807, 2.05) is 19.9 Å². The van der Waals surface area contributed by atoms with E-state index in [0.717, 1.165) is 11.1 Å². The van der Waals surface area contributed by atoms with Crippen LogP contribution in [0.4, 0.5) is 4.79 Å². The predicted octanol–water partition coefficient (Wildman–Crippen LogP) is 2.68. The summed E-state index contributed by atoms with van der Waals surface area (Å²) < 4.78 is 15.4. The van der Waals surface area contributed by atoms with Gasteiger partial charge in [-0.25, -0.2) is 4.79 Å². The summed E-state index contributed by atoms with van der Waals surface area (Å²) in [5.41, 5.74) is 1.63. The van der Waals surface area contributed by atoms with E-state index < -0.39 is 17.5 Å². The second kappa shape index (κ2) is 9.91. The van der Waals surface area contributed by atoms with Crippen molar-refractivity contribution in [3.8, 4) is 5.75 Å². The van der Waals surface area contributed by atoms with Crippen molar-refractivity contribution in [2.45, 2.75) is 46.5 Å². The van der Waals surface area contributed by atoms with Gasteiger partial charge >= 0.3 is 12.1 Å². The number of carboxylic acids is 1. The van der Waals surface area contributed by atoms with Gasteiger partial charge in [0.2, 0.25) is 5.91 Å². The number of hydrogen-bond acceptors (Lipinski definition) is 6. The van der Waals surface area contributed by atoms with Gasteiger partial charge < -0.3 is 24.6 Å². The number of carboxylic acid groups (broad SMARTS) is 1. The Kier molecular flexibility index (Phi) is 8.24. The van der Waals surface area contributed by atoms with Crippen LogP contribution in [-0.4, -0.2) is 43.1 Å². The number of aliphatic carboxylic acids is 1. The number of carbonyl (C=O) groups excluding carboxylic acids is 2. The van der Waals surface area contributed by atoms with Crippen molar-refractivity contribution in [1.29, 1.82) is 0 Å². The molecule has 0 radical (unpaired) electrons. The van der Waals surface area contributed by atoms with Crippen molar-refractivity contribution in [3.63, 3.8) is 0 Å². The van der Waals surface area contributed by atoms with E-state index in [-0.39, 0.29) is 38.0 Å². The molecular formula is C19H27NO7. The minimum Gasteiger partial charge on any atom is -0.481 e. The first-order chi connectivity index (χ1) is 12.5. The molecule has 0 bridgehead atoms. The summed E-state index contributed by atoms with van der Waals surface area (Å²) in [6, 6.07) is 3.59. The first-order valence-electron chi connectivity index (χ1n) is 8.53. The molecule has 2 N–H and O–H groups in total. The van der Waals surface area contributed by atoms with Gasteiger partial charge in [0, 0.05) is 17.9 Å². The number of hydrogen-bond donors (Lipinski definition) is 2. The molecule has 1 rings (SSSR count). The maximum atomic E-state index is 12.0. The third-order valence-electron chi connectivity index (χ3n) is 3.78. The van der Waals surface area contributed by atoms with E-state index in [1.165, 1.54) is 6.92 Å². The SMILES string of the molecule is CC(=O)NCOCCOC(=O)Oc1cc(C)cc(C)c1C(C)(C)CC(=O)O. The molecule has 8 heteroatoms. The minimum absolute atomic E-state index is 0.0261. The zero-order valence-electron chi connectivity index (χ0n) is 16.4. The van der Waals surface area contributed by atoms with Gasteiger partial charge in [0.25, 0.3) is 0 Å². The summed E-state index contributed by atoms with van der Waals surface area (Å²) in [6.45, 7) is 8.72. The van der Waals surface area contributed by atoms with Crippen molar-refractivity contribution >= 4 is 18.0 Å². The van der Waals surface area contributed by atoms with Crippen molar-refractivity contribution in [1.82, 2.24) is 5.32 Å². The fourth-order valence-electron chi connectivity index (χ4n) is 2.87. The molecule has 0 unspecified atom stereocenters. The molecule has 1 aromatic carbocycles. The third kappa shape index (κ3) is 7.65. The number of rotatable bonds is 9. The molecule has 0 spiro atoms. The topological polar surface area (TPSA) is 111 Å². The number of nitrogens with one attached hydrogen (secondary N) is 1. The van der Waals surface area contributed by atoms with Gasteiger partial charge in [-0.15, -0.1) is 0 Å². The van der Waals surface area contributed by atoms with Crippen LogP contribution in [0.15, 0.2) is 12.1 Å². The second-order valence-electron chi connectivity index (χ2n) is 6.90. The molecule has 27 heavy (non-hydrogen) atoms. The van der Waals surface area contributed by atoms with Gasteiger partial charge in [-0.1, -0.05) is 19.9 Å². The molecule has 0 aliphatic rings. The van der Waals surface area contributed by atoms with Gasteiger partial charge in [-0.3, -0.25) is 9.59 Å². The lowest BCUT2D eigenvalue weighted by atomic mass is 9.78. The molecule has 0 aliphatic heterocycles. The highest BCUT2D eigenvalue weighted by Gasteiger charge is 2.30. The molecule has 8 nitrogen and oxygen atoms in total. The molecule has 1 aromatic rings. The fourth-order valence-corrected chi connectivity index (χ4v) is 2.87. The number of amides is 1. The molecule has 0 saturated carbocycles. The molecule has 0 atom stereocenters. The lowest BCUT2D eigenvalue weighted by molar-refractivity contribution is -0.138. The highest BCUT2D eigenvalue weighted by molar-refractivity contribution is 5.72. The molecule has 0 fully saturated rings. The van der Waals surface area contributed by atoms with Gasteiger partial charge in [-0.2, -0.15) is 0 Å². The zero-order valence-corrected chi connectivity index (χ0v) is 16.4. The summed E-state index contributed by atoms with van der Waals surface area (Å²) in [7, 11) is 0. The quantitative estimate of drug-likeness (QED) is 0.293. The molecular weight excluding hydrogens is 354 g/mol. The van der Waals surface area contributed by atoms with Gasteiger partial charge in [0.1, 0.15) is 19.1 Å². The number of ether oxygens (including phenoxy) is 3. The largest absolute Gasteiger partial charge is 0.513 e. The summed E-state index contributed by atoms with van der Waals surface area (Å²) in [6.07, 6.45) is -1.02. The monoisotopic (exact) mass is 381 g/mol. The van der Waals surface area contributed by atoms with Crippen LogP contribution in [0.3, 0.4) is 0 Å². The Morgan fingerprint density at radius 1 is 1.15 bits per heavy atom. The Bertz CT molecular complexity index is 698. The Morgan fingerprint density at radius 2 is 1.81 bits per heavy atom. The van der Waals surface area contributed by atoms with Gasteiger partial charge in [0.05, 0.1) is 13.0 Å². The molecule has 0 heterocycles. The van der Waals surface area contributed by atoms with E-state index in [4.69, 9.17) is 14.2 Å². The van der Waals surface area contributed by atoms with Crippen molar-refractivity contribution < 1.29 is 33.7 Å². The van der Waals surface area contributed by atoms with Crippen LogP contribution < -0.4 is 10.1 Å². The van der Waals surface area contributed by atoms with E-state index in [2.05, 4.69) is 5.32 Å². The van der Waals surface area contributed by atoms with Crippen LogP contribution in [0, 0.1) is 13.8 Å². The first-order valence-corrected chi connectivity index (χ1v) is 8.53. The maximum absolute atomic E-state index is 12.0. The molecule has 0 aromatic heterocycles. The predicted molar refractivity (Wildman–Crippen MR) is 97.8 cm³/mol. The van der Waals surface area contributed by atoms with Crippen LogP contribution in [0.1, 0.15) is 43.9 Å². The van der Waals surface area contributed by atoms with E-state index in [1.54, 1.807) is 19.9 Å².